The van der Waals surface area contributed by atoms with Gasteiger partial charge in [-0.15, -0.1) is 0 Å². The predicted octanol–water partition coefficient (Wildman–Crippen LogP) is 5.11. The van der Waals surface area contributed by atoms with Crippen molar-refractivity contribution in [1.82, 2.24) is 9.47 Å². The fourth-order valence-corrected chi connectivity index (χ4v) is 6.15. The lowest BCUT2D eigenvalue weighted by atomic mass is 9.83. The molecule has 180 valence electrons. The molecule has 1 aromatic heterocycles. The fraction of sp³-hybridized carbons (Fsp3) is 0.296. The van der Waals surface area contributed by atoms with Gasteiger partial charge >= 0.3 is 0 Å². The third-order valence-electron chi connectivity index (χ3n) is 6.49. The molecule has 0 saturated carbocycles. The standard InChI is InChI=1S/C27H27N3O3S2/c1-18(26(32)28-21-10-12-23(13-11-21)33-22-6-3-2-4-7-22)35-27(34)29-15-19-14-20(17-29)24-8-5-9-25(31)30(24)16-19/h2-13,18-20H,14-17H2,1H3,(H,28,32)/t18-,19-,20+/m1/s1. The summed E-state index contributed by atoms with van der Waals surface area (Å²) in [5, 5.41) is 2.63. The molecule has 2 aromatic carbocycles. The van der Waals surface area contributed by atoms with Crippen LogP contribution in [0.2, 0.25) is 0 Å². The molecule has 1 N–H and O–H groups in total. The summed E-state index contributed by atoms with van der Waals surface area (Å²) in [4.78, 5) is 27.3. The van der Waals surface area contributed by atoms with Crippen LogP contribution >= 0.6 is 24.0 Å². The van der Waals surface area contributed by atoms with Gasteiger partial charge in [0.1, 0.15) is 15.8 Å². The molecule has 3 aromatic rings. The van der Waals surface area contributed by atoms with Crippen LogP contribution in [-0.4, -0.2) is 38.0 Å². The highest BCUT2D eigenvalue weighted by Gasteiger charge is 2.35. The maximum atomic E-state index is 12.8. The summed E-state index contributed by atoms with van der Waals surface area (Å²) >= 11 is 7.15. The average molecular weight is 506 g/mol. The fourth-order valence-electron chi connectivity index (χ4n) is 4.80. The van der Waals surface area contributed by atoms with E-state index in [1.54, 1.807) is 6.07 Å². The zero-order valence-electron chi connectivity index (χ0n) is 19.4. The highest BCUT2D eigenvalue weighted by Crippen LogP contribution is 2.36. The van der Waals surface area contributed by atoms with E-state index < -0.39 is 0 Å². The first kappa shape index (κ1) is 23.6. The number of hydrogen-bond donors (Lipinski definition) is 1. The minimum absolute atomic E-state index is 0.0764. The van der Waals surface area contributed by atoms with Crippen molar-refractivity contribution in [2.45, 2.75) is 31.1 Å². The molecule has 1 amide bonds. The van der Waals surface area contributed by atoms with Gasteiger partial charge in [0.2, 0.25) is 5.91 Å². The number of thiocarbonyl (C=S) groups is 1. The number of carbonyl (C=O) groups is 1. The molecule has 0 aliphatic carbocycles. The van der Waals surface area contributed by atoms with Crippen LogP contribution in [0.25, 0.3) is 0 Å². The SMILES string of the molecule is C[C@@H](SC(=S)N1C[C@H]2C[C@@H](C1)c1cccc(=O)n1C2)C(=O)Nc1ccc(Oc2ccccc2)cc1. The number of pyridine rings is 1. The normalized spacial score (nSPS) is 19.4. The van der Waals surface area contributed by atoms with Gasteiger partial charge in [-0.2, -0.15) is 0 Å². The number of likely N-dealkylation sites (tertiary alicyclic amines) is 1. The van der Waals surface area contributed by atoms with Crippen molar-refractivity contribution in [1.29, 1.82) is 0 Å². The molecule has 8 heteroatoms. The van der Waals surface area contributed by atoms with E-state index >= 15 is 0 Å². The highest BCUT2D eigenvalue weighted by molar-refractivity contribution is 8.23. The topological polar surface area (TPSA) is 63.6 Å². The number of aromatic nitrogens is 1. The number of piperidine rings is 1. The van der Waals surface area contributed by atoms with Gasteiger partial charge in [-0.3, -0.25) is 9.59 Å². The first-order chi connectivity index (χ1) is 17.0. The lowest BCUT2D eigenvalue weighted by Crippen LogP contribution is -2.48. The van der Waals surface area contributed by atoms with E-state index in [1.165, 1.54) is 11.8 Å². The van der Waals surface area contributed by atoms with Crippen molar-refractivity contribution in [2.75, 3.05) is 18.4 Å². The Hall–Kier alpha value is -3.10. The van der Waals surface area contributed by atoms with E-state index in [0.29, 0.717) is 17.4 Å². The molecule has 3 heterocycles. The molecule has 2 aliphatic rings. The van der Waals surface area contributed by atoms with E-state index in [1.807, 2.05) is 78.2 Å². The van der Waals surface area contributed by atoms with Crippen LogP contribution in [0.3, 0.4) is 0 Å². The van der Waals surface area contributed by atoms with E-state index in [9.17, 15) is 9.59 Å². The number of hydrogen-bond acceptors (Lipinski definition) is 5. The largest absolute Gasteiger partial charge is 0.457 e. The van der Waals surface area contributed by atoms with Crippen molar-refractivity contribution in [3.8, 4) is 11.5 Å². The van der Waals surface area contributed by atoms with E-state index in [-0.39, 0.29) is 22.6 Å². The van der Waals surface area contributed by atoms with Gasteiger partial charge in [-0.1, -0.05) is 48.2 Å². The number of ether oxygens (including phenoxy) is 1. The molecule has 0 radical (unpaired) electrons. The Kier molecular flexibility index (Phi) is 6.92. The summed E-state index contributed by atoms with van der Waals surface area (Å²) < 4.78 is 8.46. The molecule has 1 saturated heterocycles. The number of carbonyl (C=O) groups excluding carboxylic acids is 1. The number of thioether (sulfide) groups is 1. The first-order valence-electron chi connectivity index (χ1n) is 11.8. The number of rotatable bonds is 5. The zero-order valence-corrected chi connectivity index (χ0v) is 21.1. The Labute approximate surface area is 214 Å². The molecular formula is C27H27N3O3S2. The Morgan fingerprint density at radius 2 is 1.74 bits per heavy atom. The van der Waals surface area contributed by atoms with E-state index in [4.69, 9.17) is 17.0 Å². The van der Waals surface area contributed by atoms with Crippen LogP contribution in [0, 0.1) is 5.92 Å². The summed E-state index contributed by atoms with van der Waals surface area (Å²) in [6, 6.07) is 22.4. The summed E-state index contributed by atoms with van der Waals surface area (Å²) in [6.45, 7) is 4.21. The van der Waals surface area contributed by atoms with Crippen molar-refractivity contribution in [3.05, 3.63) is 88.8 Å². The molecule has 6 nitrogen and oxygen atoms in total. The predicted molar refractivity (Wildman–Crippen MR) is 144 cm³/mol. The lowest BCUT2D eigenvalue weighted by molar-refractivity contribution is -0.115. The molecule has 2 aliphatic heterocycles. The van der Waals surface area contributed by atoms with Gasteiger partial charge in [0, 0.05) is 43.0 Å². The maximum Gasteiger partial charge on any atom is 0.250 e. The number of fused-ring (bicyclic) bond motifs is 4. The summed E-state index contributed by atoms with van der Waals surface area (Å²) in [5.74, 6) is 2.05. The molecule has 2 bridgehead atoms. The van der Waals surface area contributed by atoms with Gasteiger partial charge in [-0.05, 0) is 61.7 Å². The molecule has 0 unspecified atom stereocenters. The Morgan fingerprint density at radius 3 is 2.51 bits per heavy atom. The minimum atomic E-state index is -0.334. The number of amides is 1. The van der Waals surface area contributed by atoms with Crippen LogP contribution in [0.1, 0.15) is 25.0 Å². The van der Waals surface area contributed by atoms with E-state index in [2.05, 4.69) is 10.2 Å². The molecule has 35 heavy (non-hydrogen) atoms. The molecule has 0 spiro atoms. The molecule has 1 fully saturated rings. The second-order valence-corrected chi connectivity index (χ2v) is 11.0. The van der Waals surface area contributed by atoms with Crippen molar-refractivity contribution >= 4 is 39.9 Å². The molecule has 3 atom stereocenters. The summed E-state index contributed by atoms with van der Waals surface area (Å²) in [6.07, 6.45) is 1.08. The van der Waals surface area contributed by atoms with Crippen LogP contribution < -0.4 is 15.6 Å². The summed E-state index contributed by atoms with van der Waals surface area (Å²) in [7, 11) is 0. The minimum Gasteiger partial charge on any atom is -0.457 e. The first-order valence-corrected chi connectivity index (χ1v) is 13.0. The maximum absolute atomic E-state index is 12.8. The Bertz CT molecular complexity index is 1280. The Balaban J connectivity index is 1.16. The van der Waals surface area contributed by atoms with Gasteiger partial charge in [0.25, 0.3) is 5.56 Å². The van der Waals surface area contributed by atoms with Crippen LogP contribution in [-0.2, 0) is 11.3 Å². The second-order valence-electron chi connectivity index (χ2n) is 9.06. The van der Waals surface area contributed by atoms with Crippen molar-refractivity contribution in [3.63, 3.8) is 0 Å². The van der Waals surface area contributed by atoms with Crippen molar-refractivity contribution < 1.29 is 9.53 Å². The van der Waals surface area contributed by atoms with Crippen LogP contribution in [0.5, 0.6) is 11.5 Å². The third kappa shape index (κ3) is 5.44. The average Bonchev–Trinajstić information content (AvgIpc) is 2.86. The quantitative estimate of drug-likeness (QED) is 0.487. The monoisotopic (exact) mass is 505 g/mol. The zero-order chi connectivity index (χ0) is 24.4. The lowest BCUT2D eigenvalue weighted by Gasteiger charge is -2.43. The molecule has 5 rings (SSSR count). The smallest absolute Gasteiger partial charge is 0.250 e. The summed E-state index contributed by atoms with van der Waals surface area (Å²) in [5.41, 5.74) is 1.88. The highest BCUT2D eigenvalue weighted by atomic mass is 32.2. The van der Waals surface area contributed by atoms with Crippen LogP contribution in [0.4, 0.5) is 5.69 Å². The third-order valence-corrected chi connectivity index (χ3v) is 8.06. The number of nitrogens with zero attached hydrogens (tertiary/aromatic N) is 2. The number of para-hydroxylation sites is 1. The Morgan fingerprint density at radius 1 is 1.00 bits per heavy atom. The van der Waals surface area contributed by atoms with Gasteiger partial charge in [-0.25, -0.2) is 0 Å². The van der Waals surface area contributed by atoms with Gasteiger partial charge in [0.15, 0.2) is 0 Å². The number of nitrogens with one attached hydrogen (secondary N) is 1. The van der Waals surface area contributed by atoms with Crippen LogP contribution in [0.15, 0.2) is 77.6 Å². The second kappa shape index (κ2) is 10.3. The molecular weight excluding hydrogens is 478 g/mol. The number of benzene rings is 2. The van der Waals surface area contributed by atoms with Gasteiger partial charge in [0.05, 0.1) is 5.25 Å². The van der Waals surface area contributed by atoms with E-state index in [0.717, 1.165) is 41.8 Å². The van der Waals surface area contributed by atoms with Gasteiger partial charge < -0.3 is 19.5 Å². The van der Waals surface area contributed by atoms with Crippen molar-refractivity contribution in [2.24, 2.45) is 5.92 Å². The number of anilines is 1.